The fourth-order valence-electron chi connectivity index (χ4n) is 4.21. The van der Waals surface area contributed by atoms with E-state index in [1.54, 1.807) is 0 Å². The molecule has 30 heavy (non-hydrogen) atoms. The van der Waals surface area contributed by atoms with Crippen molar-refractivity contribution < 1.29 is 4.79 Å². The smallest absolute Gasteiger partial charge is 0.224 e. The van der Waals surface area contributed by atoms with Crippen molar-refractivity contribution in [2.24, 2.45) is 11.8 Å². The lowest BCUT2D eigenvalue weighted by atomic mass is 9.91. The number of nitrogens with one attached hydrogen (secondary N) is 2. The molecule has 2 aromatic carbocycles. The first-order valence-corrected chi connectivity index (χ1v) is 11.5. The average molecular weight is 470 g/mol. The molecule has 1 saturated heterocycles. The predicted octanol–water partition coefficient (Wildman–Crippen LogP) is 5.17. The van der Waals surface area contributed by atoms with Crippen LogP contribution in [0, 0.1) is 11.8 Å². The quantitative estimate of drug-likeness (QED) is 0.524. The van der Waals surface area contributed by atoms with Crippen molar-refractivity contribution in [2.75, 3.05) is 31.5 Å². The van der Waals surface area contributed by atoms with Crippen LogP contribution in [0.25, 0.3) is 5.70 Å². The van der Waals surface area contributed by atoms with Gasteiger partial charge in [0.15, 0.2) is 0 Å². The summed E-state index contributed by atoms with van der Waals surface area (Å²) >= 11 is 3.60. The highest BCUT2D eigenvalue weighted by molar-refractivity contribution is 9.10. The Hall–Kier alpha value is -2.27. The maximum atomic E-state index is 12.1. The lowest BCUT2D eigenvalue weighted by molar-refractivity contribution is -0.120. The van der Waals surface area contributed by atoms with E-state index in [1.807, 2.05) is 36.4 Å². The Morgan fingerprint density at radius 3 is 2.50 bits per heavy atom. The van der Waals surface area contributed by atoms with E-state index in [4.69, 9.17) is 0 Å². The predicted molar refractivity (Wildman–Crippen MR) is 129 cm³/mol. The maximum Gasteiger partial charge on any atom is 0.224 e. The van der Waals surface area contributed by atoms with E-state index >= 15 is 0 Å². The lowest BCUT2D eigenvalue weighted by Gasteiger charge is -2.38. The topological polar surface area (TPSA) is 44.4 Å². The second-order valence-corrected chi connectivity index (χ2v) is 9.34. The molecule has 0 bridgehead atoms. The SMILES string of the molecule is C=C(c1cc(Br)ccc1NCCNC(=O)Cc1ccccc1)N1C[C@H](C)C[C@H](C)C1. The highest BCUT2D eigenvalue weighted by atomic mass is 79.9. The van der Waals surface area contributed by atoms with Crippen LogP contribution in [0.4, 0.5) is 5.69 Å². The molecule has 4 nitrogen and oxygen atoms in total. The number of benzene rings is 2. The number of hydrogen-bond donors (Lipinski definition) is 2. The summed E-state index contributed by atoms with van der Waals surface area (Å²) < 4.78 is 1.04. The number of likely N-dealkylation sites (tertiary alicyclic amines) is 1. The second-order valence-electron chi connectivity index (χ2n) is 8.43. The number of carbonyl (C=O) groups excluding carboxylic acids is 1. The van der Waals surface area contributed by atoms with E-state index in [-0.39, 0.29) is 5.91 Å². The van der Waals surface area contributed by atoms with Gasteiger partial charge in [-0.15, -0.1) is 0 Å². The maximum absolute atomic E-state index is 12.1. The molecule has 0 aliphatic carbocycles. The van der Waals surface area contributed by atoms with E-state index < -0.39 is 0 Å². The van der Waals surface area contributed by atoms with E-state index in [0.717, 1.165) is 40.1 Å². The fraction of sp³-hybridized carbons (Fsp3) is 0.400. The lowest BCUT2D eigenvalue weighted by Crippen LogP contribution is -2.37. The van der Waals surface area contributed by atoms with Gasteiger partial charge in [0.25, 0.3) is 0 Å². The molecular weight excluding hydrogens is 438 g/mol. The van der Waals surface area contributed by atoms with Crippen LogP contribution < -0.4 is 10.6 Å². The number of rotatable bonds is 8. The summed E-state index contributed by atoms with van der Waals surface area (Å²) in [4.78, 5) is 14.6. The summed E-state index contributed by atoms with van der Waals surface area (Å²) in [5, 5.41) is 6.47. The zero-order valence-electron chi connectivity index (χ0n) is 18.0. The average Bonchev–Trinajstić information content (AvgIpc) is 2.71. The van der Waals surface area contributed by atoms with E-state index in [9.17, 15) is 4.79 Å². The molecule has 1 heterocycles. The van der Waals surface area contributed by atoms with Gasteiger partial charge in [0.05, 0.1) is 6.42 Å². The van der Waals surface area contributed by atoms with Crippen molar-refractivity contribution in [1.29, 1.82) is 0 Å². The Kier molecular flexibility index (Phi) is 7.97. The van der Waals surface area contributed by atoms with Gasteiger partial charge in [0.2, 0.25) is 5.91 Å². The van der Waals surface area contributed by atoms with Gasteiger partial charge in [-0.25, -0.2) is 0 Å². The van der Waals surface area contributed by atoms with Crippen molar-refractivity contribution in [3.63, 3.8) is 0 Å². The zero-order chi connectivity index (χ0) is 21.5. The van der Waals surface area contributed by atoms with Gasteiger partial charge in [0.1, 0.15) is 0 Å². The Balaban J connectivity index is 1.56. The van der Waals surface area contributed by atoms with Crippen LogP contribution in [0.15, 0.2) is 59.6 Å². The number of hydrogen-bond acceptors (Lipinski definition) is 3. The monoisotopic (exact) mass is 469 g/mol. The molecule has 0 unspecified atom stereocenters. The highest BCUT2D eigenvalue weighted by Gasteiger charge is 2.24. The van der Waals surface area contributed by atoms with E-state index in [0.29, 0.717) is 31.3 Å². The minimum atomic E-state index is 0.0414. The van der Waals surface area contributed by atoms with Crippen molar-refractivity contribution in [3.8, 4) is 0 Å². The van der Waals surface area contributed by atoms with Gasteiger partial charge in [-0.3, -0.25) is 4.79 Å². The Morgan fingerprint density at radius 2 is 1.80 bits per heavy atom. The van der Waals surface area contributed by atoms with Crippen LogP contribution in [-0.4, -0.2) is 37.0 Å². The second kappa shape index (κ2) is 10.7. The first kappa shape index (κ1) is 22.4. The first-order chi connectivity index (χ1) is 14.4. The molecule has 0 spiro atoms. The summed E-state index contributed by atoms with van der Waals surface area (Å²) in [6, 6.07) is 16.1. The number of amides is 1. The normalized spacial score (nSPS) is 18.7. The van der Waals surface area contributed by atoms with Crippen LogP contribution in [0.3, 0.4) is 0 Å². The number of anilines is 1. The van der Waals surface area contributed by atoms with Gasteiger partial charge in [0, 0.05) is 47.6 Å². The molecule has 1 aliphatic heterocycles. The summed E-state index contributed by atoms with van der Waals surface area (Å²) in [5.41, 5.74) is 4.25. The molecule has 5 heteroatoms. The molecule has 160 valence electrons. The number of nitrogens with zero attached hydrogens (tertiary/aromatic N) is 1. The molecule has 3 rings (SSSR count). The number of piperidine rings is 1. The van der Waals surface area contributed by atoms with Crippen LogP contribution in [0.1, 0.15) is 31.4 Å². The Morgan fingerprint density at radius 1 is 1.10 bits per heavy atom. The number of carbonyl (C=O) groups is 1. The van der Waals surface area contributed by atoms with Crippen LogP contribution in [-0.2, 0) is 11.2 Å². The number of halogens is 1. The largest absolute Gasteiger partial charge is 0.383 e. The molecule has 2 N–H and O–H groups in total. The summed E-state index contributed by atoms with van der Waals surface area (Å²) in [6.07, 6.45) is 1.68. The van der Waals surface area contributed by atoms with Gasteiger partial charge in [-0.1, -0.05) is 66.7 Å². The van der Waals surface area contributed by atoms with Crippen molar-refractivity contribution in [2.45, 2.75) is 26.7 Å². The highest BCUT2D eigenvalue weighted by Crippen LogP contribution is 2.32. The fourth-order valence-corrected chi connectivity index (χ4v) is 4.57. The molecule has 2 aromatic rings. The van der Waals surface area contributed by atoms with Crippen molar-refractivity contribution >= 4 is 33.2 Å². The van der Waals surface area contributed by atoms with Crippen LogP contribution >= 0.6 is 15.9 Å². The standard InChI is InChI=1S/C25H32BrN3O/c1-18-13-19(2)17-29(16-18)20(3)23-15-22(26)9-10-24(23)27-11-12-28-25(30)14-21-7-5-4-6-8-21/h4-10,15,18-19,27H,3,11-14,16-17H2,1-2H3,(H,28,30)/t18-,19+. The van der Waals surface area contributed by atoms with Crippen molar-refractivity contribution in [1.82, 2.24) is 10.2 Å². The first-order valence-electron chi connectivity index (χ1n) is 10.7. The zero-order valence-corrected chi connectivity index (χ0v) is 19.5. The van der Waals surface area contributed by atoms with Gasteiger partial charge < -0.3 is 15.5 Å². The molecule has 0 saturated carbocycles. The molecule has 1 aliphatic rings. The molecule has 1 fully saturated rings. The van der Waals surface area contributed by atoms with Crippen molar-refractivity contribution in [3.05, 3.63) is 70.7 Å². The minimum Gasteiger partial charge on any atom is -0.383 e. The van der Waals surface area contributed by atoms with E-state index in [1.165, 1.54) is 6.42 Å². The molecule has 2 atom stereocenters. The third-order valence-corrected chi connectivity index (χ3v) is 6.01. The van der Waals surface area contributed by atoms with Crippen LogP contribution in [0.5, 0.6) is 0 Å². The molecular formula is C25H32BrN3O. The summed E-state index contributed by atoms with van der Waals surface area (Å²) in [6.45, 7) is 12.4. The third kappa shape index (κ3) is 6.36. The molecule has 0 radical (unpaired) electrons. The Bertz CT molecular complexity index is 858. The Labute approximate surface area is 188 Å². The molecule has 1 amide bonds. The van der Waals surface area contributed by atoms with Gasteiger partial charge in [-0.05, 0) is 42.0 Å². The van der Waals surface area contributed by atoms with Gasteiger partial charge >= 0.3 is 0 Å². The van der Waals surface area contributed by atoms with Crippen LogP contribution in [0.2, 0.25) is 0 Å². The third-order valence-electron chi connectivity index (χ3n) is 5.51. The molecule has 0 aromatic heterocycles. The summed E-state index contributed by atoms with van der Waals surface area (Å²) in [7, 11) is 0. The summed E-state index contributed by atoms with van der Waals surface area (Å²) in [5.74, 6) is 1.39. The van der Waals surface area contributed by atoms with E-state index in [2.05, 4.69) is 64.0 Å². The minimum absolute atomic E-state index is 0.0414. The van der Waals surface area contributed by atoms with Gasteiger partial charge in [-0.2, -0.15) is 0 Å².